The molecule has 4 fully saturated rings. The molecule has 4 heterocycles. The molecular formula is C58H83NO18. The van der Waals surface area contributed by atoms with Crippen LogP contribution < -0.4 is 5.32 Å². The number of rotatable bonds is 25. The van der Waals surface area contributed by atoms with Gasteiger partial charge in [0.05, 0.1) is 61.9 Å². The van der Waals surface area contributed by atoms with Crippen molar-refractivity contribution < 1.29 is 87.3 Å². The van der Waals surface area contributed by atoms with Crippen molar-refractivity contribution in [2.24, 2.45) is 17.3 Å². The summed E-state index contributed by atoms with van der Waals surface area (Å²) >= 11 is 0. The van der Waals surface area contributed by atoms with E-state index in [-0.39, 0.29) is 37.8 Å². The number of aliphatic hydroxyl groups is 4. The molecule has 1 aromatic rings. The number of carboxylic acids is 1. The van der Waals surface area contributed by atoms with Crippen LogP contribution in [0.5, 0.6) is 0 Å². The van der Waals surface area contributed by atoms with Crippen LogP contribution in [0, 0.1) is 17.3 Å². The fourth-order valence-electron chi connectivity index (χ4n) is 10.1. The van der Waals surface area contributed by atoms with E-state index in [4.69, 9.17) is 52.5 Å². The van der Waals surface area contributed by atoms with Crippen LogP contribution in [-0.2, 0) is 68.2 Å². The van der Waals surface area contributed by atoms with Crippen molar-refractivity contribution in [3.05, 3.63) is 120 Å². The van der Waals surface area contributed by atoms with Gasteiger partial charge in [0.1, 0.15) is 30.3 Å². The number of carbonyl (C=O) groups is 3. The van der Waals surface area contributed by atoms with E-state index in [1.807, 2.05) is 26.8 Å². The summed E-state index contributed by atoms with van der Waals surface area (Å²) in [5.74, 6) is -7.12. The number of carboxylic acid groups (broad SMARTS) is 1. The fraction of sp³-hybridized carbons (Fsp3) is 0.603. The monoisotopic (exact) mass is 1080 g/mol. The molecule has 19 nitrogen and oxygen atoms in total. The van der Waals surface area contributed by atoms with Crippen LogP contribution in [0.3, 0.4) is 0 Å². The standard InChI is InChI=1S/C58H83NO18/c1-11-12-16-27-46-57(6,7)54(65)55(75-48(63)30-39-24-17-15-18-25-39)58(67,77-46)40(34-71-49-33-45(69-9)53(38(5)73-49)76-50-32-44(68-8)51(64)37(4)72-50)56(66)59-29-22-21-23-35(2)52(70-10)36(3)43-31-41(60)42(74-43)26-19-13-14-20-28-47(61)62/h11-28,36-38,40-46,49-55,60,64-65,67H,29-34H2,1-10H3,(H,59,66)(H,61,62). The number of benzene rings is 1. The third kappa shape index (κ3) is 17.1. The lowest BCUT2D eigenvalue weighted by Crippen LogP contribution is -2.71. The Kier molecular flexibility index (Phi) is 24.6. The lowest BCUT2D eigenvalue weighted by atomic mass is 9.71. The van der Waals surface area contributed by atoms with E-state index < -0.39 is 127 Å². The van der Waals surface area contributed by atoms with Crippen molar-refractivity contribution in [3.8, 4) is 0 Å². The number of hydrogen-bond acceptors (Lipinski definition) is 17. The summed E-state index contributed by atoms with van der Waals surface area (Å²) in [5, 5.41) is 58.2. The molecule has 5 rings (SSSR count). The Morgan fingerprint density at radius 2 is 1.53 bits per heavy atom. The predicted octanol–water partition coefficient (Wildman–Crippen LogP) is 4.97. The molecule has 77 heavy (non-hydrogen) atoms. The van der Waals surface area contributed by atoms with Gasteiger partial charge in [-0.3, -0.25) is 9.59 Å². The van der Waals surface area contributed by atoms with Gasteiger partial charge in [0.15, 0.2) is 18.7 Å². The highest BCUT2D eigenvalue weighted by molar-refractivity contribution is 5.81. The van der Waals surface area contributed by atoms with Gasteiger partial charge in [0.2, 0.25) is 11.7 Å². The van der Waals surface area contributed by atoms with Crippen LogP contribution in [0.15, 0.2) is 115 Å². The van der Waals surface area contributed by atoms with Crippen molar-refractivity contribution in [3.63, 3.8) is 0 Å². The number of methoxy groups -OCH3 is 3. The first-order valence-corrected chi connectivity index (χ1v) is 26.3. The van der Waals surface area contributed by atoms with Gasteiger partial charge in [-0.2, -0.15) is 0 Å². The van der Waals surface area contributed by atoms with Crippen molar-refractivity contribution in [2.45, 2.75) is 172 Å². The Hall–Kier alpha value is -4.71. The van der Waals surface area contributed by atoms with E-state index >= 15 is 0 Å². The smallest absolute Gasteiger partial charge is 0.328 e. The average Bonchev–Trinajstić information content (AvgIpc) is 3.78. The molecule has 0 saturated carbocycles. The number of hydrogen-bond donors (Lipinski definition) is 6. The van der Waals surface area contributed by atoms with Crippen LogP contribution in [-0.4, -0.2) is 176 Å². The van der Waals surface area contributed by atoms with E-state index in [0.29, 0.717) is 12.0 Å². The number of amides is 1. The van der Waals surface area contributed by atoms with E-state index in [1.54, 1.807) is 126 Å². The predicted molar refractivity (Wildman–Crippen MR) is 284 cm³/mol. The van der Waals surface area contributed by atoms with Crippen molar-refractivity contribution in [1.82, 2.24) is 5.32 Å². The number of carbonyl (C=O) groups excluding carboxylic acids is 2. The maximum absolute atomic E-state index is 14.8. The van der Waals surface area contributed by atoms with Gasteiger partial charge in [-0.25, -0.2) is 4.79 Å². The molecule has 1 aromatic carbocycles. The van der Waals surface area contributed by atoms with Crippen LogP contribution in [0.4, 0.5) is 0 Å². The molecular weight excluding hydrogens is 999 g/mol. The second kappa shape index (κ2) is 30.0. The molecule has 0 radical (unpaired) electrons. The SMILES string of the molecule is CC=CC=CC1OC(O)(C(COC2CC(OC)C(OC3CC(OC)C(O)C(C)O3)C(C)O2)C(=O)NCC=CC=C(C)C(OC)C(C)C2CC(O)C(C=CC=CC=CC(=O)O)O2)C(OC(=O)Cc2ccccc2)C(O)C1(C)C. The Balaban J connectivity index is 1.37. The summed E-state index contributed by atoms with van der Waals surface area (Å²) < 4.78 is 61.1. The summed E-state index contributed by atoms with van der Waals surface area (Å²) in [6.45, 7) is 12.0. The number of aliphatic carboxylic acids is 1. The Morgan fingerprint density at radius 3 is 2.21 bits per heavy atom. The highest BCUT2D eigenvalue weighted by Crippen LogP contribution is 2.46. The Morgan fingerprint density at radius 1 is 0.857 bits per heavy atom. The first-order valence-electron chi connectivity index (χ1n) is 26.3. The number of ether oxygens (including phenoxy) is 10. The summed E-state index contributed by atoms with van der Waals surface area (Å²) in [6.07, 6.45) is 9.73. The van der Waals surface area contributed by atoms with Gasteiger partial charge in [0.25, 0.3) is 0 Å². The molecule has 0 aliphatic carbocycles. The number of esters is 1. The first kappa shape index (κ1) is 63.1. The number of allylic oxidation sites excluding steroid dienone is 9. The van der Waals surface area contributed by atoms with Crippen LogP contribution in [0.25, 0.3) is 0 Å². The second-order valence-corrected chi connectivity index (χ2v) is 20.6. The average molecular weight is 1080 g/mol. The second-order valence-electron chi connectivity index (χ2n) is 20.6. The van der Waals surface area contributed by atoms with Crippen molar-refractivity contribution in [1.29, 1.82) is 0 Å². The van der Waals surface area contributed by atoms with Gasteiger partial charge in [-0.05, 0) is 38.8 Å². The lowest BCUT2D eigenvalue weighted by molar-refractivity contribution is -0.368. The molecule has 0 bridgehead atoms. The Labute approximate surface area is 453 Å². The Bertz CT molecular complexity index is 2240. The molecule has 19 heteroatoms. The minimum absolute atomic E-state index is 0.0451. The molecule has 4 aliphatic rings. The molecule has 1 amide bonds. The van der Waals surface area contributed by atoms with Crippen LogP contribution >= 0.6 is 0 Å². The third-order valence-electron chi connectivity index (χ3n) is 14.7. The zero-order valence-corrected chi connectivity index (χ0v) is 46.0. The summed E-state index contributed by atoms with van der Waals surface area (Å²) in [7, 11) is 4.62. The van der Waals surface area contributed by atoms with Gasteiger partial charge in [0, 0.05) is 64.5 Å². The van der Waals surface area contributed by atoms with Crippen LogP contribution in [0.2, 0.25) is 0 Å². The number of nitrogens with one attached hydrogen (secondary N) is 1. The summed E-state index contributed by atoms with van der Waals surface area (Å²) in [6, 6.07) is 8.83. The molecule has 0 aromatic heterocycles. The van der Waals surface area contributed by atoms with Crippen molar-refractivity contribution in [2.75, 3.05) is 34.5 Å². The fourth-order valence-corrected chi connectivity index (χ4v) is 10.1. The van der Waals surface area contributed by atoms with Gasteiger partial charge in [-0.1, -0.05) is 124 Å². The highest BCUT2D eigenvalue weighted by Gasteiger charge is 2.63. The zero-order valence-electron chi connectivity index (χ0n) is 46.0. The van der Waals surface area contributed by atoms with E-state index in [0.717, 1.165) is 11.6 Å². The summed E-state index contributed by atoms with van der Waals surface area (Å²) in [4.78, 5) is 39.2. The molecule has 18 atom stereocenters. The maximum Gasteiger partial charge on any atom is 0.328 e. The van der Waals surface area contributed by atoms with E-state index in [9.17, 15) is 34.8 Å². The van der Waals surface area contributed by atoms with Gasteiger partial charge >= 0.3 is 11.9 Å². The first-order chi connectivity index (χ1) is 36.7. The third-order valence-corrected chi connectivity index (χ3v) is 14.7. The number of aliphatic hydroxyl groups excluding tert-OH is 3. The minimum atomic E-state index is -2.69. The van der Waals surface area contributed by atoms with Crippen molar-refractivity contribution >= 4 is 17.8 Å². The quantitative estimate of drug-likeness (QED) is 0.0429. The normalized spacial score (nSPS) is 34.4. The molecule has 6 N–H and O–H groups in total. The molecule has 4 saturated heterocycles. The van der Waals surface area contributed by atoms with E-state index in [1.165, 1.54) is 20.3 Å². The maximum atomic E-state index is 14.8. The van der Waals surface area contributed by atoms with Gasteiger partial charge < -0.3 is 78.2 Å². The lowest BCUT2D eigenvalue weighted by Gasteiger charge is -2.54. The van der Waals surface area contributed by atoms with Gasteiger partial charge in [-0.15, -0.1) is 0 Å². The largest absolute Gasteiger partial charge is 0.478 e. The molecule has 428 valence electrons. The topological polar surface area (TPSA) is 257 Å². The van der Waals surface area contributed by atoms with E-state index in [2.05, 4.69) is 5.32 Å². The molecule has 0 spiro atoms. The molecule has 18 unspecified atom stereocenters. The highest BCUT2D eigenvalue weighted by atomic mass is 16.7. The minimum Gasteiger partial charge on any atom is -0.478 e. The molecule has 4 aliphatic heterocycles. The summed E-state index contributed by atoms with van der Waals surface area (Å²) in [5.41, 5.74) is 0.294. The van der Waals surface area contributed by atoms with Crippen LogP contribution in [0.1, 0.15) is 73.3 Å². The zero-order chi connectivity index (χ0) is 56.5.